The van der Waals surface area contributed by atoms with Crippen molar-refractivity contribution in [3.05, 3.63) is 52.6 Å². The van der Waals surface area contributed by atoms with E-state index in [0.717, 1.165) is 5.69 Å². The number of aromatic nitrogens is 2. The lowest BCUT2D eigenvalue weighted by Gasteiger charge is -2.04. The van der Waals surface area contributed by atoms with Gasteiger partial charge in [-0.05, 0) is 31.0 Å². The number of nitrogens with one attached hydrogen (secondary N) is 2. The number of nitrogens with zero attached hydrogens (tertiary/aromatic N) is 1. The molecule has 116 valence electrons. The van der Waals surface area contributed by atoms with Gasteiger partial charge in [0.15, 0.2) is 0 Å². The average Bonchev–Trinajstić information content (AvgIpc) is 2.89. The molecular weight excluding hydrogens is 282 g/mol. The van der Waals surface area contributed by atoms with Crippen LogP contribution >= 0.6 is 0 Å². The fourth-order valence-electron chi connectivity index (χ4n) is 2.29. The summed E-state index contributed by atoms with van der Waals surface area (Å²) in [5, 5.41) is 2.79. The van der Waals surface area contributed by atoms with Gasteiger partial charge in [0.1, 0.15) is 5.69 Å². The topological polar surface area (TPSA) is 84.1 Å². The van der Waals surface area contributed by atoms with Gasteiger partial charge >= 0.3 is 5.97 Å². The number of aromatic amines is 1. The van der Waals surface area contributed by atoms with E-state index in [-0.39, 0.29) is 5.91 Å². The van der Waals surface area contributed by atoms with Crippen molar-refractivity contribution in [2.24, 2.45) is 0 Å². The molecule has 22 heavy (non-hydrogen) atoms. The molecule has 2 heterocycles. The molecule has 0 aromatic carbocycles. The Hall–Kier alpha value is -2.63. The Balaban J connectivity index is 2.19. The number of carbonyl (C=O) groups is 2. The van der Waals surface area contributed by atoms with Gasteiger partial charge in [-0.15, -0.1) is 0 Å². The van der Waals surface area contributed by atoms with E-state index in [4.69, 9.17) is 4.74 Å². The minimum Gasteiger partial charge on any atom is -0.465 e. The highest BCUT2D eigenvalue weighted by Gasteiger charge is 2.23. The summed E-state index contributed by atoms with van der Waals surface area (Å²) in [4.78, 5) is 31.3. The number of aryl methyl sites for hydroxylation is 1. The normalized spacial score (nSPS) is 10.3. The fraction of sp³-hybridized carbons (Fsp3) is 0.312. The standard InChI is InChI=1S/C16H19N3O3/c1-4-12-13(16(21)22-3)10(2)14(19-12)15(20)18-9-11-7-5-6-8-17-11/h5-8,19H,4,9H2,1-3H3,(H,18,20). The molecule has 0 saturated carbocycles. The van der Waals surface area contributed by atoms with Crippen molar-refractivity contribution in [1.82, 2.24) is 15.3 Å². The van der Waals surface area contributed by atoms with Gasteiger partial charge in [0.05, 0.1) is 24.9 Å². The van der Waals surface area contributed by atoms with Crippen LogP contribution in [0, 0.1) is 6.92 Å². The van der Waals surface area contributed by atoms with Crippen LogP contribution in [0.4, 0.5) is 0 Å². The van der Waals surface area contributed by atoms with E-state index < -0.39 is 5.97 Å². The molecule has 2 rings (SSSR count). The number of hydrogen-bond acceptors (Lipinski definition) is 4. The zero-order valence-corrected chi connectivity index (χ0v) is 12.9. The first-order valence-electron chi connectivity index (χ1n) is 7.06. The number of rotatable bonds is 5. The second kappa shape index (κ2) is 6.89. The van der Waals surface area contributed by atoms with Crippen LogP contribution in [0.25, 0.3) is 0 Å². The first-order valence-corrected chi connectivity index (χ1v) is 7.06. The Bertz CT molecular complexity index is 677. The summed E-state index contributed by atoms with van der Waals surface area (Å²) in [7, 11) is 1.33. The smallest absolute Gasteiger partial charge is 0.339 e. The van der Waals surface area contributed by atoms with Gasteiger partial charge in [0.2, 0.25) is 0 Å². The van der Waals surface area contributed by atoms with Gasteiger partial charge in [-0.3, -0.25) is 9.78 Å². The average molecular weight is 301 g/mol. The molecule has 0 atom stereocenters. The maximum atomic E-state index is 12.3. The minimum absolute atomic E-state index is 0.270. The third-order valence-corrected chi connectivity index (χ3v) is 3.45. The number of amides is 1. The summed E-state index contributed by atoms with van der Waals surface area (Å²) in [5.41, 5.74) is 2.89. The van der Waals surface area contributed by atoms with Crippen molar-refractivity contribution in [1.29, 1.82) is 0 Å². The SMILES string of the molecule is CCc1[nH]c(C(=O)NCc2ccccn2)c(C)c1C(=O)OC. The van der Waals surface area contributed by atoms with Crippen molar-refractivity contribution in [2.75, 3.05) is 7.11 Å². The predicted octanol–water partition coefficient (Wildman–Crippen LogP) is 2.00. The molecule has 0 aliphatic heterocycles. The number of hydrogen-bond donors (Lipinski definition) is 2. The highest BCUT2D eigenvalue weighted by molar-refractivity contribution is 6.00. The van der Waals surface area contributed by atoms with Crippen LogP contribution in [-0.2, 0) is 17.7 Å². The Morgan fingerprint density at radius 3 is 2.73 bits per heavy atom. The molecule has 0 fully saturated rings. The molecule has 0 saturated heterocycles. The van der Waals surface area contributed by atoms with Crippen LogP contribution < -0.4 is 5.32 Å². The lowest BCUT2D eigenvalue weighted by Crippen LogP contribution is -2.24. The summed E-state index contributed by atoms with van der Waals surface area (Å²) >= 11 is 0. The van der Waals surface area contributed by atoms with Crippen LogP contribution in [0.2, 0.25) is 0 Å². The van der Waals surface area contributed by atoms with Crippen molar-refractivity contribution >= 4 is 11.9 Å². The number of esters is 1. The molecule has 2 aromatic heterocycles. The van der Waals surface area contributed by atoms with Gasteiger partial charge in [0, 0.05) is 11.9 Å². The summed E-state index contributed by atoms with van der Waals surface area (Å²) in [6.45, 7) is 3.97. The summed E-state index contributed by atoms with van der Waals surface area (Å²) < 4.78 is 4.78. The molecule has 0 aliphatic rings. The minimum atomic E-state index is -0.436. The van der Waals surface area contributed by atoms with E-state index in [1.165, 1.54) is 7.11 Å². The molecular formula is C16H19N3O3. The van der Waals surface area contributed by atoms with Gasteiger partial charge in [0.25, 0.3) is 5.91 Å². The highest BCUT2D eigenvalue weighted by atomic mass is 16.5. The maximum Gasteiger partial charge on any atom is 0.339 e. The summed E-state index contributed by atoms with van der Waals surface area (Å²) in [6.07, 6.45) is 2.28. The first kappa shape index (κ1) is 15.8. The largest absolute Gasteiger partial charge is 0.465 e. The van der Waals surface area contributed by atoms with E-state index in [0.29, 0.717) is 35.5 Å². The number of pyridine rings is 1. The van der Waals surface area contributed by atoms with Crippen molar-refractivity contribution in [3.63, 3.8) is 0 Å². The number of carbonyl (C=O) groups excluding carboxylic acids is 2. The predicted molar refractivity (Wildman–Crippen MR) is 81.7 cm³/mol. The molecule has 1 amide bonds. The molecule has 2 N–H and O–H groups in total. The van der Waals surface area contributed by atoms with E-state index in [9.17, 15) is 9.59 Å². The van der Waals surface area contributed by atoms with Crippen molar-refractivity contribution < 1.29 is 14.3 Å². The van der Waals surface area contributed by atoms with Crippen LogP contribution in [0.3, 0.4) is 0 Å². The third kappa shape index (κ3) is 3.16. The van der Waals surface area contributed by atoms with Gasteiger partial charge in [-0.2, -0.15) is 0 Å². The van der Waals surface area contributed by atoms with E-state index in [1.54, 1.807) is 13.1 Å². The Kier molecular flexibility index (Phi) is 4.93. The van der Waals surface area contributed by atoms with E-state index in [2.05, 4.69) is 15.3 Å². The molecule has 0 aliphatic carbocycles. The molecule has 0 radical (unpaired) electrons. The first-order chi connectivity index (χ1) is 10.6. The molecule has 0 bridgehead atoms. The lowest BCUT2D eigenvalue weighted by atomic mass is 10.1. The lowest BCUT2D eigenvalue weighted by molar-refractivity contribution is 0.0599. The second-order valence-electron chi connectivity index (χ2n) is 4.83. The Morgan fingerprint density at radius 2 is 2.14 bits per heavy atom. The third-order valence-electron chi connectivity index (χ3n) is 3.45. The zero-order chi connectivity index (χ0) is 16.1. The van der Waals surface area contributed by atoms with Crippen LogP contribution in [0.15, 0.2) is 24.4 Å². The molecule has 0 unspecified atom stereocenters. The van der Waals surface area contributed by atoms with E-state index in [1.807, 2.05) is 25.1 Å². The van der Waals surface area contributed by atoms with Crippen LogP contribution in [0.5, 0.6) is 0 Å². The van der Waals surface area contributed by atoms with Gasteiger partial charge in [-0.25, -0.2) is 4.79 Å². The number of methoxy groups -OCH3 is 1. The van der Waals surface area contributed by atoms with Crippen LogP contribution in [0.1, 0.15) is 44.7 Å². The zero-order valence-electron chi connectivity index (χ0n) is 12.9. The van der Waals surface area contributed by atoms with Crippen molar-refractivity contribution in [2.45, 2.75) is 26.8 Å². The number of H-pyrrole nitrogens is 1. The van der Waals surface area contributed by atoms with Gasteiger partial charge < -0.3 is 15.0 Å². The highest BCUT2D eigenvalue weighted by Crippen LogP contribution is 2.20. The van der Waals surface area contributed by atoms with E-state index >= 15 is 0 Å². The molecule has 0 spiro atoms. The Morgan fingerprint density at radius 1 is 1.36 bits per heavy atom. The fourth-order valence-corrected chi connectivity index (χ4v) is 2.29. The quantitative estimate of drug-likeness (QED) is 0.827. The summed E-state index contributed by atoms with van der Waals surface area (Å²) in [5.74, 6) is -0.706. The Labute approximate surface area is 128 Å². The maximum absolute atomic E-state index is 12.3. The molecule has 6 heteroatoms. The van der Waals surface area contributed by atoms with Crippen LogP contribution in [-0.4, -0.2) is 29.0 Å². The number of ether oxygens (including phenoxy) is 1. The van der Waals surface area contributed by atoms with Gasteiger partial charge in [-0.1, -0.05) is 13.0 Å². The monoisotopic (exact) mass is 301 g/mol. The molecule has 6 nitrogen and oxygen atoms in total. The van der Waals surface area contributed by atoms with Crippen molar-refractivity contribution in [3.8, 4) is 0 Å². The second-order valence-corrected chi connectivity index (χ2v) is 4.83. The molecule has 2 aromatic rings. The summed E-state index contributed by atoms with van der Waals surface area (Å²) in [6, 6.07) is 5.51.